The minimum absolute atomic E-state index is 0.0317. The highest BCUT2D eigenvalue weighted by Crippen LogP contribution is 2.56. The third kappa shape index (κ3) is 5.84. The van der Waals surface area contributed by atoms with Gasteiger partial charge in [0.15, 0.2) is 11.5 Å². The van der Waals surface area contributed by atoms with Crippen LogP contribution in [0.25, 0.3) is 11.1 Å². The molecule has 0 amide bonds. The average molecular weight is 629 g/mol. The van der Waals surface area contributed by atoms with E-state index in [4.69, 9.17) is 14.2 Å². The van der Waals surface area contributed by atoms with E-state index in [1.165, 1.54) is 7.11 Å². The maximum absolute atomic E-state index is 11.6. The van der Waals surface area contributed by atoms with E-state index in [2.05, 4.69) is 39.0 Å². The molecular weight excluding hydrogens is 580 g/mol. The molecule has 1 aliphatic heterocycles. The number of aromatic hydroxyl groups is 2. The third-order valence-electron chi connectivity index (χ3n) is 10.5. The third-order valence-corrected chi connectivity index (χ3v) is 10.5. The van der Waals surface area contributed by atoms with Gasteiger partial charge < -0.3 is 34.6 Å². The number of rotatable bonds is 9. The van der Waals surface area contributed by atoms with Crippen LogP contribution < -0.4 is 14.2 Å². The molecule has 6 rings (SSSR count). The van der Waals surface area contributed by atoms with Crippen LogP contribution in [0.4, 0.5) is 0 Å². The number of aliphatic hydroxyl groups is 2. The Bertz CT molecular complexity index is 1610. The van der Waals surface area contributed by atoms with Crippen molar-refractivity contribution in [2.75, 3.05) is 20.8 Å². The summed E-state index contributed by atoms with van der Waals surface area (Å²) in [6.45, 7) is 6.73. The number of hydrogen-bond acceptors (Lipinski definition) is 7. The first kappa shape index (κ1) is 32.3. The van der Waals surface area contributed by atoms with Crippen molar-refractivity contribution in [3.8, 4) is 39.9 Å². The summed E-state index contributed by atoms with van der Waals surface area (Å²) < 4.78 is 18.1. The summed E-state index contributed by atoms with van der Waals surface area (Å²) in [5.74, 6) is 3.63. The van der Waals surface area contributed by atoms with E-state index in [0.717, 1.165) is 71.0 Å². The maximum atomic E-state index is 11.6. The Morgan fingerprint density at radius 1 is 0.957 bits per heavy atom. The number of aliphatic hydroxyl groups excluding tert-OH is 2. The van der Waals surface area contributed by atoms with Crippen LogP contribution in [0.5, 0.6) is 28.7 Å². The van der Waals surface area contributed by atoms with Crippen molar-refractivity contribution in [2.45, 2.75) is 77.4 Å². The van der Waals surface area contributed by atoms with Crippen molar-refractivity contribution in [3.63, 3.8) is 0 Å². The number of fused-ring (bicyclic) bond motifs is 5. The largest absolute Gasteiger partial charge is 0.508 e. The molecule has 0 spiro atoms. The van der Waals surface area contributed by atoms with Gasteiger partial charge in [0.2, 0.25) is 0 Å². The Balaban J connectivity index is 1.52. The molecule has 0 fully saturated rings. The molecule has 6 atom stereocenters. The Kier molecular flexibility index (Phi) is 9.26. The van der Waals surface area contributed by atoms with Gasteiger partial charge in [-0.2, -0.15) is 0 Å². The predicted molar refractivity (Wildman–Crippen MR) is 179 cm³/mol. The van der Waals surface area contributed by atoms with Crippen LogP contribution in [0.1, 0.15) is 79.9 Å². The molecule has 6 unspecified atom stereocenters. The highest BCUT2D eigenvalue weighted by molar-refractivity contribution is 5.83. The lowest BCUT2D eigenvalue weighted by Crippen LogP contribution is -2.33. The summed E-state index contributed by atoms with van der Waals surface area (Å²) in [6.07, 6.45) is 7.91. The van der Waals surface area contributed by atoms with E-state index >= 15 is 0 Å². The Labute approximate surface area is 272 Å². The summed E-state index contributed by atoms with van der Waals surface area (Å²) in [6, 6.07) is 11.1. The van der Waals surface area contributed by atoms with E-state index < -0.39 is 12.2 Å². The standard InChI is InChI=1S/C39H48O7/c1-6-22-14-24(8-7-23(22)11-12-40)28-15-26-17-32(42)27(13-21(2)3)16-29(26)38-36(45-5)20-34-30(37(28)38)19-33(43)39(46-34)25-9-10-31(41)35(18-25)44-4/h7-10,16-18,20-24,28,33,39-43H,6,11-15,19H2,1-5H3. The lowest BCUT2D eigenvalue weighted by atomic mass is 9.65. The molecule has 46 heavy (non-hydrogen) atoms. The Morgan fingerprint density at radius 3 is 2.43 bits per heavy atom. The van der Waals surface area contributed by atoms with Crippen LogP contribution in [-0.2, 0) is 19.3 Å². The van der Waals surface area contributed by atoms with Gasteiger partial charge in [-0.25, -0.2) is 0 Å². The maximum Gasteiger partial charge on any atom is 0.160 e. The van der Waals surface area contributed by atoms with Crippen molar-refractivity contribution < 1.29 is 34.6 Å². The molecule has 0 saturated heterocycles. The topological polar surface area (TPSA) is 109 Å². The van der Waals surface area contributed by atoms with Crippen molar-refractivity contribution >= 4 is 0 Å². The van der Waals surface area contributed by atoms with Crippen LogP contribution in [0.2, 0.25) is 0 Å². The second-order valence-corrected chi connectivity index (χ2v) is 13.8. The van der Waals surface area contributed by atoms with Crippen LogP contribution in [0.3, 0.4) is 0 Å². The summed E-state index contributed by atoms with van der Waals surface area (Å²) in [7, 11) is 3.19. The van der Waals surface area contributed by atoms with Gasteiger partial charge in [0, 0.05) is 30.2 Å². The van der Waals surface area contributed by atoms with Gasteiger partial charge >= 0.3 is 0 Å². The highest BCUT2D eigenvalue weighted by atomic mass is 16.5. The zero-order valence-electron chi connectivity index (χ0n) is 27.6. The van der Waals surface area contributed by atoms with E-state index in [9.17, 15) is 20.4 Å². The first-order valence-electron chi connectivity index (χ1n) is 16.8. The predicted octanol–water partition coefficient (Wildman–Crippen LogP) is 7.26. The SMILES string of the molecule is CCC1CC(C2Cc3cc(O)c(CC(C)C)cc3-c3c(OC)cc4c(c32)CC(O)C(c2ccc(O)c(OC)c2)O4)C=CC1CCO. The number of benzene rings is 3. The number of ether oxygens (including phenoxy) is 3. The van der Waals surface area contributed by atoms with Gasteiger partial charge in [0.1, 0.15) is 23.4 Å². The summed E-state index contributed by atoms with van der Waals surface area (Å²) in [4.78, 5) is 0. The molecule has 3 aliphatic rings. The lowest BCUT2D eigenvalue weighted by Gasteiger charge is -2.41. The average Bonchev–Trinajstić information content (AvgIpc) is 3.04. The molecule has 246 valence electrons. The van der Waals surface area contributed by atoms with Gasteiger partial charge in [-0.3, -0.25) is 0 Å². The van der Waals surface area contributed by atoms with Crippen LogP contribution in [0.15, 0.2) is 48.6 Å². The second kappa shape index (κ2) is 13.2. The molecule has 2 aliphatic carbocycles. The summed E-state index contributed by atoms with van der Waals surface area (Å²) in [5, 5.41) is 42.7. The number of allylic oxidation sites excluding steroid dienone is 2. The van der Waals surface area contributed by atoms with Crippen molar-refractivity contribution in [2.24, 2.45) is 23.7 Å². The van der Waals surface area contributed by atoms with E-state index in [1.54, 1.807) is 25.3 Å². The first-order valence-corrected chi connectivity index (χ1v) is 16.8. The zero-order chi connectivity index (χ0) is 32.7. The van der Waals surface area contributed by atoms with Gasteiger partial charge in [-0.15, -0.1) is 0 Å². The van der Waals surface area contributed by atoms with Gasteiger partial charge in [-0.1, -0.05) is 45.4 Å². The first-order chi connectivity index (χ1) is 22.2. The van der Waals surface area contributed by atoms with E-state index in [-0.39, 0.29) is 24.2 Å². The molecular formula is C39H48O7. The molecule has 0 radical (unpaired) electrons. The van der Waals surface area contributed by atoms with Crippen molar-refractivity contribution in [3.05, 3.63) is 76.4 Å². The van der Waals surface area contributed by atoms with Crippen LogP contribution >= 0.6 is 0 Å². The second-order valence-electron chi connectivity index (χ2n) is 13.8. The fourth-order valence-corrected chi connectivity index (χ4v) is 8.23. The molecule has 7 heteroatoms. The smallest absolute Gasteiger partial charge is 0.160 e. The fourth-order valence-electron chi connectivity index (χ4n) is 8.23. The molecule has 0 aromatic heterocycles. The highest BCUT2D eigenvalue weighted by Gasteiger charge is 2.41. The molecule has 7 nitrogen and oxygen atoms in total. The van der Waals surface area contributed by atoms with Crippen molar-refractivity contribution in [1.29, 1.82) is 0 Å². The van der Waals surface area contributed by atoms with Crippen LogP contribution in [0, 0.1) is 23.7 Å². The number of phenols is 2. The zero-order valence-corrected chi connectivity index (χ0v) is 27.6. The monoisotopic (exact) mass is 628 g/mol. The minimum atomic E-state index is -0.822. The van der Waals surface area contributed by atoms with Gasteiger partial charge in [0.25, 0.3) is 0 Å². The number of phenolic OH excluding ortho intramolecular Hbond substituents is 2. The normalized spacial score (nSPS) is 25.0. The Morgan fingerprint density at radius 2 is 1.74 bits per heavy atom. The Hall–Kier alpha value is -3.68. The molecule has 0 bridgehead atoms. The molecule has 3 aromatic rings. The van der Waals surface area contributed by atoms with Crippen molar-refractivity contribution in [1.82, 2.24) is 0 Å². The lowest BCUT2D eigenvalue weighted by molar-refractivity contribution is 0.0200. The number of methoxy groups -OCH3 is 2. The minimum Gasteiger partial charge on any atom is -0.508 e. The van der Waals surface area contributed by atoms with Crippen LogP contribution in [-0.4, -0.2) is 47.4 Å². The van der Waals surface area contributed by atoms with Gasteiger partial charge in [-0.05, 0) is 107 Å². The summed E-state index contributed by atoms with van der Waals surface area (Å²) in [5.41, 5.74) is 7.00. The molecule has 1 heterocycles. The number of hydrogen-bond donors (Lipinski definition) is 4. The fraction of sp³-hybridized carbons (Fsp3) is 0.487. The van der Waals surface area contributed by atoms with E-state index in [0.29, 0.717) is 47.2 Å². The summed E-state index contributed by atoms with van der Waals surface area (Å²) >= 11 is 0. The molecule has 0 saturated carbocycles. The molecule has 3 aromatic carbocycles. The molecule has 4 N–H and O–H groups in total. The van der Waals surface area contributed by atoms with E-state index in [1.807, 2.05) is 12.1 Å². The quantitative estimate of drug-likeness (QED) is 0.185. The van der Waals surface area contributed by atoms with Gasteiger partial charge in [0.05, 0.1) is 20.3 Å².